The van der Waals surface area contributed by atoms with Gasteiger partial charge in [-0.3, -0.25) is 0 Å². The monoisotopic (exact) mass is 227 g/mol. The molecule has 2 nitrogen and oxygen atoms in total. The van der Waals surface area contributed by atoms with Crippen LogP contribution in [0.2, 0.25) is 0 Å². The highest BCUT2D eigenvalue weighted by molar-refractivity contribution is 4.84. The molecule has 0 aliphatic carbocycles. The average Bonchev–Trinajstić information content (AvgIpc) is 3.00. The summed E-state index contributed by atoms with van der Waals surface area (Å²) in [5.74, 6) is 0. The predicted octanol–water partition coefficient (Wildman–Crippen LogP) is 3.98. The summed E-state index contributed by atoms with van der Waals surface area (Å²) in [6.07, 6.45) is 14.9. The van der Waals surface area contributed by atoms with E-state index in [1.165, 1.54) is 64.2 Å². The van der Waals surface area contributed by atoms with E-state index in [0.717, 1.165) is 13.0 Å². The Labute approximate surface area is 101 Å². The molecule has 16 heavy (non-hydrogen) atoms. The molecule has 0 amide bonds. The molecule has 0 saturated carbocycles. The summed E-state index contributed by atoms with van der Waals surface area (Å²) in [4.78, 5) is 0. The topological polar surface area (TPSA) is 38.5 Å². The maximum Gasteiger partial charge on any atom is 0.140 e. The van der Waals surface area contributed by atoms with Crippen LogP contribution >= 0.6 is 0 Å². The number of nitrogens with two attached hydrogens (primary N) is 1. The first-order valence-electron chi connectivity index (χ1n) is 7.20. The average molecular weight is 227 g/mol. The molecule has 1 saturated heterocycles. The molecule has 1 aliphatic heterocycles. The van der Waals surface area contributed by atoms with Crippen molar-refractivity contribution < 1.29 is 4.74 Å². The third-order valence-electron chi connectivity index (χ3n) is 3.47. The second-order valence-electron chi connectivity index (χ2n) is 5.29. The van der Waals surface area contributed by atoms with Crippen LogP contribution in [0, 0.1) is 0 Å². The van der Waals surface area contributed by atoms with E-state index in [4.69, 9.17) is 10.5 Å². The second-order valence-corrected chi connectivity index (χ2v) is 5.29. The molecule has 1 fully saturated rings. The molecule has 96 valence electrons. The predicted molar refractivity (Wildman–Crippen MR) is 69.3 cm³/mol. The third kappa shape index (κ3) is 7.24. The van der Waals surface area contributed by atoms with Gasteiger partial charge in [-0.05, 0) is 12.8 Å². The van der Waals surface area contributed by atoms with E-state index in [2.05, 4.69) is 6.92 Å². The van der Waals surface area contributed by atoms with Crippen molar-refractivity contribution in [2.75, 3.05) is 6.61 Å². The van der Waals surface area contributed by atoms with Gasteiger partial charge in [0.2, 0.25) is 0 Å². The summed E-state index contributed by atoms with van der Waals surface area (Å²) in [7, 11) is 0. The van der Waals surface area contributed by atoms with Crippen LogP contribution < -0.4 is 5.73 Å². The number of hydrogen-bond donors (Lipinski definition) is 1. The van der Waals surface area contributed by atoms with Crippen molar-refractivity contribution in [3.05, 3.63) is 0 Å². The Kier molecular flexibility index (Phi) is 7.06. The standard InChI is InChI=1S/C14H29NO/c1-2-3-4-5-6-7-8-9-10-11-12-14(15)13-16-14/h2-13,15H2,1H3. The van der Waals surface area contributed by atoms with E-state index >= 15 is 0 Å². The van der Waals surface area contributed by atoms with E-state index in [0.29, 0.717) is 0 Å². The van der Waals surface area contributed by atoms with Gasteiger partial charge in [-0.25, -0.2) is 0 Å². The van der Waals surface area contributed by atoms with Gasteiger partial charge in [0.1, 0.15) is 5.72 Å². The van der Waals surface area contributed by atoms with Crippen LogP contribution in [0.25, 0.3) is 0 Å². The number of hydrogen-bond acceptors (Lipinski definition) is 2. The Hall–Kier alpha value is -0.0800. The van der Waals surface area contributed by atoms with Gasteiger partial charge in [-0.1, -0.05) is 64.7 Å². The molecule has 1 rings (SSSR count). The van der Waals surface area contributed by atoms with E-state index in [1.807, 2.05) is 0 Å². The number of rotatable bonds is 11. The van der Waals surface area contributed by atoms with Gasteiger partial charge in [-0.15, -0.1) is 0 Å². The molecule has 0 aromatic rings. The molecule has 1 unspecified atom stereocenters. The molecular weight excluding hydrogens is 198 g/mol. The molecular formula is C14H29NO. The van der Waals surface area contributed by atoms with Gasteiger partial charge in [0, 0.05) is 0 Å². The highest BCUT2D eigenvalue weighted by atomic mass is 16.6. The lowest BCUT2D eigenvalue weighted by Gasteiger charge is -2.04. The van der Waals surface area contributed by atoms with Crippen LogP contribution in [0.4, 0.5) is 0 Å². The quantitative estimate of drug-likeness (QED) is 0.428. The first kappa shape index (κ1) is 14.0. The molecule has 0 aromatic carbocycles. The maximum absolute atomic E-state index is 5.83. The fourth-order valence-corrected chi connectivity index (χ4v) is 2.15. The van der Waals surface area contributed by atoms with Gasteiger partial charge in [0.05, 0.1) is 6.61 Å². The zero-order chi connectivity index (χ0) is 11.7. The van der Waals surface area contributed by atoms with Gasteiger partial charge in [0.25, 0.3) is 0 Å². The number of unbranched alkanes of at least 4 members (excludes halogenated alkanes) is 9. The van der Waals surface area contributed by atoms with Gasteiger partial charge >= 0.3 is 0 Å². The molecule has 2 N–H and O–H groups in total. The lowest BCUT2D eigenvalue weighted by atomic mass is 10.0. The highest BCUT2D eigenvalue weighted by Crippen LogP contribution is 2.26. The molecule has 1 aliphatic rings. The Morgan fingerprint density at radius 1 is 0.875 bits per heavy atom. The molecule has 0 radical (unpaired) electrons. The molecule has 0 spiro atoms. The summed E-state index contributed by atoms with van der Waals surface area (Å²) >= 11 is 0. The minimum Gasteiger partial charge on any atom is -0.354 e. The Morgan fingerprint density at radius 3 is 1.75 bits per heavy atom. The van der Waals surface area contributed by atoms with E-state index < -0.39 is 0 Å². The first-order valence-corrected chi connectivity index (χ1v) is 7.20. The third-order valence-corrected chi connectivity index (χ3v) is 3.47. The maximum atomic E-state index is 5.83. The SMILES string of the molecule is CCCCCCCCCCCCC1(N)CO1. The lowest BCUT2D eigenvalue weighted by Crippen LogP contribution is -2.23. The van der Waals surface area contributed by atoms with Crippen molar-refractivity contribution in [2.24, 2.45) is 5.73 Å². The van der Waals surface area contributed by atoms with Gasteiger partial charge < -0.3 is 10.5 Å². The zero-order valence-corrected chi connectivity index (χ0v) is 11.0. The summed E-state index contributed by atoms with van der Waals surface area (Å²) < 4.78 is 5.16. The zero-order valence-electron chi connectivity index (χ0n) is 11.0. The summed E-state index contributed by atoms with van der Waals surface area (Å²) in [6.45, 7) is 3.05. The molecule has 1 heterocycles. The van der Waals surface area contributed by atoms with E-state index in [1.54, 1.807) is 0 Å². The number of ether oxygens (including phenoxy) is 1. The van der Waals surface area contributed by atoms with Crippen LogP contribution in [0.15, 0.2) is 0 Å². The van der Waals surface area contributed by atoms with Crippen LogP contribution in [0.3, 0.4) is 0 Å². The molecule has 0 bridgehead atoms. The Morgan fingerprint density at radius 2 is 1.31 bits per heavy atom. The smallest absolute Gasteiger partial charge is 0.140 e. The van der Waals surface area contributed by atoms with Crippen molar-refractivity contribution in [2.45, 2.75) is 83.3 Å². The Balaban J connectivity index is 1.68. The van der Waals surface area contributed by atoms with Crippen molar-refractivity contribution >= 4 is 0 Å². The first-order chi connectivity index (χ1) is 7.77. The minimum atomic E-state index is -0.208. The molecule has 1 atom stereocenters. The number of epoxide rings is 1. The van der Waals surface area contributed by atoms with E-state index in [-0.39, 0.29) is 5.72 Å². The van der Waals surface area contributed by atoms with Gasteiger partial charge in [-0.2, -0.15) is 0 Å². The Bertz CT molecular complexity index is 166. The lowest BCUT2D eigenvalue weighted by molar-refractivity contribution is 0.288. The second kappa shape index (κ2) is 8.08. The molecule has 0 aromatic heterocycles. The van der Waals surface area contributed by atoms with Crippen molar-refractivity contribution in [3.8, 4) is 0 Å². The van der Waals surface area contributed by atoms with Crippen molar-refractivity contribution in [1.29, 1.82) is 0 Å². The van der Waals surface area contributed by atoms with Crippen LogP contribution in [-0.2, 0) is 4.74 Å². The largest absolute Gasteiger partial charge is 0.354 e. The molecule has 2 heteroatoms. The highest BCUT2D eigenvalue weighted by Gasteiger charge is 2.39. The van der Waals surface area contributed by atoms with Crippen LogP contribution in [0.5, 0.6) is 0 Å². The fraction of sp³-hybridized carbons (Fsp3) is 1.00. The summed E-state index contributed by atoms with van der Waals surface area (Å²) in [5, 5.41) is 0. The normalized spacial score (nSPS) is 23.6. The van der Waals surface area contributed by atoms with Crippen LogP contribution in [-0.4, -0.2) is 12.3 Å². The van der Waals surface area contributed by atoms with Crippen molar-refractivity contribution in [1.82, 2.24) is 0 Å². The van der Waals surface area contributed by atoms with E-state index in [9.17, 15) is 0 Å². The van der Waals surface area contributed by atoms with Crippen LogP contribution in [0.1, 0.15) is 77.6 Å². The summed E-state index contributed by atoms with van der Waals surface area (Å²) in [6, 6.07) is 0. The van der Waals surface area contributed by atoms with Crippen molar-refractivity contribution in [3.63, 3.8) is 0 Å². The fourth-order valence-electron chi connectivity index (χ4n) is 2.15. The summed E-state index contributed by atoms with van der Waals surface area (Å²) in [5.41, 5.74) is 5.63. The minimum absolute atomic E-state index is 0.208. The van der Waals surface area contributed by atoms with Gasteiger partial charge in [0.15, 0.2) is 0 Å².